The first kappa shape index (κ1) is 14.6. The van der Waals surface area contributed by atoms with Crippen molar-refractivity contribution in [1.29, 1.82) is 0 Å². The van der Waals surface area contributed by atoms with Crippen molar-refractivity contribution in [3.63, 3.8) is 0 Å². The lowest BCUT2D eigenvalue weighted by molar-refractivity contribution is -0.160. The van der Waals surface area contributed by atoms with Crippen LogP contribution in [-0.2, 0) is 20.9 Å². The SMILES string of the molecule is COc1ccc(COC(=O)C2(C=O)CCCCC2)cc1. The molecule has 2 rings (SSSR count). The van der Waals surface area contributed by atoms with Crippen LogP contribution in [0.1, 0.15) is 37.7 Å². The molecular formula is C16H20O4. The monoisotopic (exact) mass is 276 g/mol. The van der Waals surface area contributed by atoms with E-state index >= 15 is 0 Å². The second-order valence-electron chi connectivity index (χ2n) is 5.26. The van der Waals surface area contributed by atoms with Crippen LogP contribution in [0.15, 0.2) is 24.3 Å². The van der Waals surface area contributed by atoms with Crippen LogP contribution in [0.5, 0.6) is 5.75 Å². The number of ether oxygens (including phenoxy) is 2. The molecule has 20 heavy (non-hydrogen) atoms. The summed E-state index contributed by atoms with van der Waals surface area (Å²) < 4.78 is 10.4. The summed E-state index contributed by atoms with van der Waals surface area (Å²) in [6.07, 6.45) is 4.91. The Hall–Kier alpha value is -1.84. The van der Waals surface area contributed by atoms with Gasteiger partial charge in [0.25, 0.3) is 0 Å². The molecule has 4 heteroatoms. The van der Waals surface area contributed by atoms with Crippen LogP contribution in [0.3, 0.4) is 0 Å². The average Bonchev–Trinajstić information content (AvgIpc) is 2.53. The zero-order valence-corrected chi connectivity index (χ0v) is 11.8. The fourth-order valence-electron chi connectivity index (χ4n) is 2.57. The zero-order chi connectivity index (χ0) is 14.4. The van der Waals surface area contributed by atoms with E-state index in [9.17, 15) is 9.59 Å². The van der Waals surface area contributed by atoms with Crippen molar-refractivity contribution in [2.75, 3.05) is 7.11 Å². The molecule has 0 saturated heterocycles. The van der Waals surface area contributed by atoms with Crippen molar-refractivity contribution < 1.29 is 19.1 Å². The first-order chi connectivity index (χ1) is 9.70. The number of rotatable bonds is 5. The van der Waals surface area contributed by atoms with Gasteiger partial charge in [0.05, 0.1) is 7.11 Å². The maximum atomic E-state index is 12.2. The molecule has 1 saturated carbocycles. The summed E-state index contributed by atoms with van der Waals surface area (Å²) in [7, 11) is 1.60. The Kier molecular flexibility index (Phi) is 4.77. The number of esters is 1. The van der Waals surface area contributed by atoms with Gasteiger partial charge in [0, 0.05) is 0 Å². The van der Waals surface area contributed by atoms with Crippen molar-refractivity contribution in [2.45, 2.75) is 38.7 Å². The third-order valence-electron chi connectivity index (χ3n) is 3.91. The van der Waals surface area contributed by atoms with Crippen molar-refractivity contribution in [3.8, 4) is 5.75 Å². The molecule has 108 valence electrons. The summed E-state index contributed by atoms with van der Waals surface area (Å²) >= 11 is 0. The number of carbonyl (C=O) groups excluding carboxylic acids is 2. The van der Waals surface area contributed by atoms with E-state index in [1.54, 1.807) is 7.11 Å². The van der Waals surface area contributed by atoms with E-state index in [-0.39, 0.29) is 12.6 Å². The van der Waals surface area contributed by atoms with Crippen LogP contribution in [0.2, 0.25) is 0 Å². The van der Waals surface area contributed by atoms with E-state index in [2.05, 4.69) is 0 Å². The molecule has 1 aromatic rings. The third-order valence-corrected chi connectivity index (χ3v) is 3.91. The second kappa shape index (κ2) is 6.55. The Morgan fingerprint density at radius 1 is 1.20 bits per heavy atom. The molecule has 0 radical (unpaired) electrons. The highest BCUT2D eigenvalue weighted by Gasteiger charge is 2.40. The Labute approximate surface area is 119 Å². The van der Waals surface area contributed by atoms with Crippen LogP contribution >= 0.6 is 0 Å². The summed E-state index contributed by atoms with van der Waals surface area (Å²) in [6, 6.07) is 7.33. The van der Waals surface area contributed by atoms with Gasteiger partial charge >= 0.3 is 5.97 Å². The fraction of sp³-hybridized carbons (Fsp3) is 0.500. The molecule has 0 aliphatic heterocycles. The molecule has 0 spiro atoms. The lowest BCUT2D eigenvalue weighted by atomic mass is 9.75. The minimum atomic E-state index is -0.912. The Bertz CT molecular complexity index is 458. The largest absolute Gasteiger partial charge is 0.497 e. The van der Waals surface area contributed by atoms with Crippen molar-refractivity contribution in [2.24, 2.45) is 5.41 Å². The number of hydrogen-bond donors (Lipinski definition) is 0. The summed E-state index contributed by atoms with van der Waals surface area (Å²) in [5.41, 5.74) is -0.0268. The van der Waals surface area contributed by atoms with Gasteiger partial charge in [-0.2, -0.15) is 0 Å². The van der Waals surface area contributed by atoms with Gasteiger partial charge in [-0.1, -0.05) is 31.4 Å². The molecule has 0 unspecified atom stereocenters. The topological polar surface area (TPSA) is 52.6 Å². The highest BCUT2D eigenvalue weighted by atomic mass is 16.5. The van der Waals surface area contributed by atoms with Gasteiger partial charge in [-0.25, -0.2) is 0 Å². The molecule has 1 fully saturated rings. The summed E-state index contributed by atoms with van der Waals surface area (Å²) in [5.74, 6) is 0.375. The van der Waals surface area contributed by atoms with Gasteiger partial charge in [0.2, 0.25) is 0 Å². The van der Waals surface area contributed by atoms with Crippen LogP contribution < -0.4 is 4.74 Å². The molecule has 1 aliphatic carbocycles. The predicted octanol–water partition coefficient (Wildman–Crippen LogP) is 2.89. The van der Waals surface area contributed by atoms with Crippen LogP contribution in [0.25, 0.3) is 0 Å². The minimum absolute atomic E-state index is 0.193. The number of carbonyl (C=O) groups is 2. The van der Waals surface area contributed by atoms with E-state index in [4.69, 9.17) is 9.47 Å². The number of aldehydes is 1. The molecule has 0 aromatic heterocycles. The lowest BCUT2D eigenvalue weighted by Gasteiger charge is -2.29. The fourth-order valence-corrected chi connectivity index (χ4v) is 2.57. The zero-order valence-electron chi connectivity index (χ0n) is 11.8. The quantitative estimate of drug-likeness (QED) is 0.471. The summed E-state index contributed by atoms with van der Waals surface area (Å²) in [4.78, 5) is 23.5. The molecular weight excluding hydrogens is 256 g/mol. The normalized spacial score (nSPS) is 17.2. The highest BCUT2D eigenvalue weighted by Crippen LogP contribution is 2.35. The maximum Gasteiger partial charge on any atom is 0.319 e. The predicted molar refractivity (Wildman–Crippen MR) is 74.4 cm³/mol. The molecule has 0 heterocycles. The smallest absolute Gasteiger partial charge is 0.319 e. The van der Waals surface area contributed by atoms with Gasteiger partial charge in [0.15, 0.2) is 0 Å². The van der Waals surface area contributed by atoms with Crippen molar-refractivity contribution >= 4 is 12.3 Å². The highest BCUT2D eigenvalue weighted by molar-refractivity contribution is 5.93. The van der Waals surface area contributed by atoms with E-state index in [0.29, 0.717) is 12.8 Å². The first-order valence-corrected chi connectivity index (χ1v) is 6.97. The maximum absolute atomic E-state index is 12.2. The van der Waals surface area contributed by atoms with Crippen molar-refractivity contribution in [1.82, 2.24) is 0 Å². The number of hydrogen-bond acceptors (Lipinski definition) is 4. The van der Waals surface area contributed by atoms with Gasteiger partial charge in [-0.15, -0.1) is 0 Å². The molecule has 0 bridgehead atoms. The van der Waals surface area contributed by atoms with Crippen LogP contribution in [-0.4, -0.2) is 19.4 Å². The van der Waals surface area contributed by atoms with Gasteiger partial charge in [0.1, 0.15) is 24.1 Å². The summed E-state index contributed by atoms with van der Waals surface area (Å²) in [6.45, 7) is 0.193. The molecule has 0 amide bonds. The van der Waals surface area contributed by atoms with E-state index in [1.165, 1.54) is 0 Å². The van der Waals surface area contributed by atoms with E-state index in [0.717, 1.165) is 36.9 Å². The van der Waals surface area contributed by atoms with Crippen LogP contribution in [0.4, 0.5) is 0 Å². The van der Waals surface area contributed by atoms with E-state index < -0.39 is 5.41 Å². The van der Waals surface area contributed by atoms with Crippen molar-refractivity contribution in [3.05, 3.63) is 29.8 Å². The number of methoxy groups -OCH3 is 1. The van der Waals surface area contributed by atoms with Gasteiger partial charge in [-0.3, -0.25) is 4.79 Å². The Morgan fingerprint density at radius 3 is 2.40 bits per heavy atom. The molecule has 0 N–H and O–H groups in total. The molecule has 4 nitrogen and oxygen atoms in total. The molecule has 1 aliphatic rings. The first-order valence-electron chi connectivity index (χ1n) is 6.97. The Morgan fingerprint density at radius 2 is 1.85 bits per heavy atom. The third kappa shape index (κ3) is 3.18. The van der Waals surface area contributed by atoms with Crippen LogP contribution in [0, 0.1) is 5.41 Å². The van der Waals surface area contributed by atoms with E-state index in [1.807, 2.05) is 24.3 Å². The minimum Gasteiger partial charge on any atom is -0.497 e. The molecule has 1 aromatic carbocycles. The number of benzene rings is 1. The summed E-state index contributed by atoms with van der Waals surface area (Å²) in [5, 5.41) is 0. The lowest BCUT2D eigenvalue weighted by Crippen LogP contribution is -2.36. The second-order valence-corrected chi connectivity index (χ2v) is 5.26. The standard InChI is InChI=1S/C16H20O4/c1-19-14-7-5-13(6-8-14)11-20-15(18)16(12-17)9-3-2-4-10-16/h5-8,12H,2-4,9-11H2,1H3. The van der Waals surface area contributed by atoms with Gasteiger partial charge in [-0.05, 0) is 30.5 Å². The Balaban J connectivity index is 1.94. The van der Waals surface area contributed by atoms with Gasteiger partial charge < -0.3 is 14.3 Å². The molecule has 0 atom stereocenters. The average molecular weight is 276 g/mol.